The Bertz CT molecular complexity index is 672. The molecule has 2 aromatic heterocycles. The third kappa shape index (κ3) is 2.65. The van der Waals surface area contributed by atoms with Crippen LogP contribution in [0.1, 0.15) is 5.69 Å². The van der Waals surface area contributed by atoms with Crippen LogP contribution in [-0.2, 0) is 13.1 Å². The van der Waals surface area contributed by atoms with Gasteiger partial charge in [0.2, 0.25) is 0 Å². The normalized spacial score (nSPS) is 10.5. The molecule has 18 heavy (non-hydrogen) atoms. The topological polar surface area (TPSA) is 82.9 Å². The number of pyridine rings is 1. The summed E-state index contributed by atoms with van der Waals surface area (Å²) < 4.78 is 2.93. The Morgan fingerprint density at radius 3 is 2.61 bits per heavy atom. The Balaban J connectivity index is 2.19. The molecule has 0 saturated carbocycles. The average molecular weight is 246 g/mol. The lowest BCUT2D eigenvalue weighted by atomic mass is 10.4. The van der Waals surface area contributed by atoms with Crippen molar-refractivity contribution in [1.82, 2.24) is 14.1 Å². The molecular weight excluding hydrogens is 232 g/mol. The molecule has 0 spiro atoms. The molecule has 0 amide bonds. The smallest absolute Gasteiger partial charge is 0.253 e. The van der Waals surface area contributed by atoms with Crippen molar-refractivity contribution in [3.05, 3.63) is 57.1 Å². The molecule has 2 aromatic rings. The maximum Gasteiger partial charge on any atom is 0.253 e. The number of nitrogens with two attached hydrogens (primary N) is 1. The number of rotatable bonds is 3. The van der Waals surface area contributed by atoms with Gasteiger partial charge in [-0.3, -0.25) is 14.2 Å². The predicted molar refractivity (Wildman–Crippen MR) is 68.3 cm³/mol. The maximum atomic E-state index is 11.6. The van der Waals surface area contributed by atoms with Crippen LogP contribution < -0.4 is 16.9 Å². The lowest BCUT2D eigenvalue weighted by molar-refractivity contribution is 0.546. The maximum absolute atomic E-state index is 11.6. The zero-order valence-corrected chi connectivity index (χ0v) is 10.0. The van der Waals surface area contributed by atoms with E-state index in [1.165, 1.54) is 27.6 Å². The van der Waals surface area contributed by atoms with E-state index in [0.29, 0.717) is 24.5 Å². The van der Waals surface area contributed by atoms with Gasteiger partial charge in [-0.25, -0.2) is 4.98 Å². The van der Waals surface area contributed by atoms with Gasteiger partial charge in [-0.1, -0.05) is 0 Å². The molecule has 0 bridgehead atoms. The zero-order valence-electron chi connectivity index (χ0n) is 10.0. The SMILES string of the molecule is Cc1cc(=O)n(CCn2cc(N)ccc2=O)cn1. The highest BCUT2D eigenvalue weighted by atomic mass is 16.1. The molecule has 0 saturated heterocycles. The van der Waals surface area contributed by atoms with Crippen molar-refractivity contribution in [2.75, 3.05) is 5.73 Å². The molecule has 6 nitrogen and oxygen atoms in total. The summed E-state index contributed by atoms with van der Waals surface area (Å²) in [5.74, 6) is 0. The molecule has 6 heteroatoms. The van der Waals surface area contributed by atoms with Crippen LogP contribution in [0.3, 0.4) is 0 Å². The Morgan fingerprint density at radius 2 is 1.89 bits per heavy atom. The van der Waals surface area contributed by atoms with Crippen LogP contribution in [0.15, 0.2) is 40.3 Å². The van der Waals surface area contributed by atoms with Gasteiger partial charge in [0.1, 0.15) is 0 Å². The van der Waals surface area contributed by atoms with Crippen molar-refractivity contribution >= 4 is 5.69 Å². The highest BCUT2D eigenvalue weighted by Crippen LogP contribution is 1.96. The van der Waals surface area contributed by atoms with E-state index in [2.05, 4.69) is 4.98 Å². The summed E-state index contributed by atoms with van der Waals surface area (Å²) in [7, 11) is 0. The fourth-order valence-electron chi connectivity index (χ4n) is 1.62. The number of hydrogen-bond acceptors (Lipinski definition) is 4. The molecule has 0 fully saturated rings. The van der Waals surface area contributed by atoms with E-state index in [9.17, 15) is 9.59 Å². The lowest BCUT2D eigenvalue weighted by Gasteiger charge is -2.08. The van der Waals surface area contributed by atoms with Crippen LogP contribution in [0.4, 0.5) is 5.69 Å². The van der Waals surface area contributed by atoms with E-state index in [4.69, 9.17) is 5.73 Å². The molecule has 2 N–H and O–H groups in total. The van der Waals surface area contributed by atoms with Crippen molar-refractivity contribution in [1.29, 1.82) is 0 Å². The number of nitrogens with zero attached hydrogens (tertiary/aromatic N) is 3. The quantitative estimate of drug-likeness (QED) is 0.826. The highest BCUT2D eigenvalue weighted by molar-refractivity contribution is 5.33. The molecule has 0 atom stereocenters. The van der Waals surface area contributed by atoms with E-state index in [1.807, 2.05) is 0 Å². The molecule has 0 aromatic carbocycles. The molecule has 0 aliphatic heterocycles. The zero-order chi connectivity index (χ0) is 13.1. The van der Waals surface area contributed by atoms with Gasteiger partial charge in [0.15, 0.2) is 0 Å². The van der Waals surface area contributed by atoms with Gasteiger partial charge >= 0.3 is 0 Å². The summed E-state index contributed by atoms with van der Waals surface area (Å²) in [4.78, 5) is 27.2. The Hall–Kier alpha value is -2.37. The predicted octanol–water partition coefficient (Wildman–Crippen LogP) is -0.00418. The molecule has 0 unspecified atom stereocenters. The third-order valence-electron chi connectivity index (χ3n) is 2.60. The van der Waals surface area contributed by atoms with Crippen LogP contribution in [0, 0.1) is 6.92 Å². The first-order valence-electron chi connectivity index (χ1n) is 5.55. The Kier molecular flexibility index (Phi) is 3.27. The minimum Gasteiger partial charge on any atom is -0.398 e. The second-order valence-corrected chi connectivity index (χ2v) is 4.06. The number of hydrogen-bond donors (Lipinski definition) is 1. The minimum absolute atomic E-state index is 0.126. The first-order chi connectivity index (χ1) is 8.56. The Labute approximate surface area is 103 Å². The molecule has 0 aliphatic carbocycles. The van der Waals surface area contributed by atoms with Crippen molar-refractivity contribution in [3.8, 4) is 0 Å². The summed E-state index contributed by atoms with van der Waals surface area (Å²) in [6.45, 7) is 2.53. The number of nitrogen functional groups attached to an aromatic ring is 1. The first kappa shape index (κ1) is 12.1. The van der Waals surface area contributed by atoms with Gasteiger partial charge in [-0.15, -0.1) is 0 Å². The molecular formula is C12H14N4O2. The second kappa shape index (κ2) is 4.87. The largest absolute Gasteiger partial charge is 0.398 e. The molecule has 0 radical (unpaired) electrons. The molecule has 2 heterocycles. The fraction of sp³-hybridized carbons (Fsp3) is 0.250. The van der Waals surface area contributed by atoms with Crippen molar-refractivity contribution < 1.29 is 0 Å². The van der Waals surface area contributed by atoms with E-state index in [0.717, 1.165) is 0 Å². The van der Waals surface area contributed by atoms with Gasteiger partial charge < -0.3 is 10.3 Å². The van der Waals surface area contributed by atoms with Gasteiger partial charge in [-0.05, 0) is 13.0 Å². The lowest BCUT2D eigenvalue weighted by Crippen LogP contribution is -2.26. The number of aromatic nitrogens is 3. The van der Waals surface area contributed by atoms with E-state index in [1.54, 1.807) is 19.2 Å². The van der Waals surface area contributed by atoms with Crippen LogP contribution >= 0.6 is 0 Å². The first-order valence-corrected chi connectivity index (χ1v) is 5.55. The van der Waals surface area contributed by atoms with E-state index in [-0.39, 0.29) is 11.1 Å². The van der Waals surface area contributed by atoms with Crippen LogP contribution in [0.5, 0.6) is 0 Å². The fourth-order valence-corrected chi connectivity index (χ4v) is 1.62. The van der Waals surface area contributed by atoms with Crippen molar-refractivity contribution in [3.63, 3.8) is 0 Å². The van der Waals surface area contributed by atoms with Gasteiger partial charge in [0, 0.05) is 42.8 Å². The third-order valence-corrected chi connectivity index (χ3v) is 2.60. The van der Waals surface area contributed by atoms with E-state index >= 15 is 0 Å². The van der Waals surface area contributed by atoms with Crippen LogP contribution in [0.2, 0.25) is 0 Å². The minimum atomic E-state index is -0.141. The molecule has 94 valence electrons. The van der Waals surface area contributed by atoms with Gasteiger partial charge in [-0.2, -0.15) is 0 Å². The van der Waals surface area contributed by atoms with Gasteiger partial charge in [0.25, 0.3) is 11.1 Å². The number of aryl methyl sites for hydroxylation is 3. The van der Waals surface area contributed by atoms with Crippen LogP contribution in [0.25, 0.3) is 0 Å². The summed E-state index contributed by atoms with van der Waals surface area (Å²) in [5.41, 5.74) is 6.53. The highest BCUT2D eigenvalue weighted by Gasteiger charge is 2.00. The summed E-state index contributed by atoms with van der Waals surface area (Å²) in [5, 5.41) is 0. The standard InChI is InChI=1S/C12H14N4O2/c1-9-6-12(18)16(8-14-9)5-4-15-7-10(13)2-3-11(15)17/h2-3,6-8H,4-5,13H2,1H3. The summed E-state index contributed by atoms with van der Waals surface area (Å²) >= 11 is 0. The summed E-state index contributed by atoms with van der Waals surface area (Å²) in [6, 6.07) is 4.42. The van der Waals surface area contributed by atoms with Crippen LogP contribution in [-0.4, -0.2) is 14.1 Å². The van der Waals surface area contributed by atoms with E-state index < -0.39 is 0 Å². The number of anilines is 1. The van der Waals surface area contributed by atoms with Crippen molar-refractivity contribution in [2.45, 2.75) is 20.0 Å². The van der Waals surface area contributed by atoms with Gasteiger partial charge in [0.05, 0.1) is 6.33 Å². The summed E-state index contributed by atoms with van der Waals surface area (Å²) in [6.07, 6.45) is 3.05. The van der Waals surface area contributed by atoms with Crippen molar-refractivity contribution in [2.24, 2.45) is 0 Å². The molecule has 2 rings (SSSR count). The average Bonchev–Trinajstić information content (AvgIpc) is 2.32. The Morgan fingerprint density at radius 1 is 1.17 bits per heavy atom. The second-order valence-electron chi connectivity index (χ2n) is 4.06. The molecule has 0 aliphatic rings. The monoisotopic (exact) mass is 246 g/mol.